The molecule has 0 amide bonds. The zero-order valence-electron chi connectivity index (χ0n) is 17.6. The van der Waals surface area contributed by atoms with Gasteiger partial charge < -0.3 is 15.5 Å². The number of aromatic nitrogens is 2. The maximum Gasteiger partial charge on any atom is 0.191 e. The fraction of sp³-hybridized carbons (Fsp3) is 0.524. The molecule has 0 saturated heterocycles. The van der Waals surface area contributed by atoms with E-state index < -0.39 is 0 Å². The predicted molar refractivity (Wildman–Crippen MR) is 113 cm³/mol. The van der Waals surface area contributed by atoms with Crippen molar-refractivity contribution in [3.05, 3.63) is 52.8 Å². The highest BCUT2D eigenvalue weighted by molar-refractivity contribution is 5.79. The van der Waals surface area contributed by atoms with Gasteiger partial charge in [0.05, 0.1) is 18.8 Å². The topological polar surface area (TPSA) is 57.5 Å². The summed E-state index contributed by atoms with van der Waals surface area (Å²) in [5.74, 6) is 0.859. The minimum absolute atomic E-state index is 0.202. The van der Waals surface area contributed by atoms with Crippen LogP contribution in [-0.2, 0) is 13.5 Å². The summed E-state index contributed by atoms with van der Waals surface area (Å²) in [6, 6.07) is 6.92. The van der Waals surface area contributed by atoms with Gasteiger partial charge in [0, 0.05) is 31.9 Å². The molecule has 2 N–H and O–H groups in total. The fourth-order valence-corrected chi connectivity index (χ4v) is 3.24. The van der Waals surface area contributed by atoms with E-state index in [1.165, 1.54) is 22.3 Å². The van der Waals surface area contributed by atoms with Gasteiger partial charge in [0.15, 0.2) is 5.96 Å². The van der Waals surface area contributed by atoms with Gasteiger partial charge in [0.1, 0.15) is 0 Å². The molecule has 0 bridgehead atoms. The third kappa shape index (κ3) is 6.71. The van der Waals surface area contributed by atoms with E-state index in [0.29, 0.717) is 6.54 Å². The monoisotopic (exact) mass is 370 g/mol. The number of nitrogens with zero attached hydrogens (tertiary/aromatic N) is 4. The maximum absolute atomic E-state index is 4.80. The molecule has 0 aliphatic rings. The molecule has 27 heavy (non-hydrogen) atoms. The van der Waals surface area contributed by atoms with Gasteiger partial charge in [-0.1, -0.05) is 29.3 Å². The largest absolute Gasteiger partial charge is 0.357 e. The van der Waals surface area contributed by atoms with Crippen LogP contribution in [0.5, 0.6) is 0 Å². The lowest BCUT2D eigenvalue weighted by Crippen LogP contribution is -2.39. The number of hydrogen-bond donors (Lipinski definition) is 2. The first-order chi connectivity index (χ1) is 12.9. The molecule has 1 aromatic heterocycles. The molecular weight excluding hydrogens is 336 g/mol. The molecule has 6 nitrogen and oxygen atoms in total. The fourth-order valence-electron chi connectivity index (χ4n) is 3.24. The van der Waals surface area contributed by atoms with Crippen molar-refractivity contribution in [2.45, 2.75) is 33.2 Å². The van der Waals surface area contributed by atoms with E-state index in [9.17, 15) is 0 Å². The van der Waals surface area contributed by atoms with Crippen molar-refractivity contribution in [3.63, 3.8) is 0 Å². The van der Waals surface area contributed by atoms with E-state index in [2.05, 4.69) is 79.9 Å². The summed E-state index contributed by atoms with van der Waals surface area (Å²) in [4.78, 5) is 6.98. The zero-order chi connectivity index (χ0) is 19.8. The van der Waals surface area contributed by atoms with Gasteiger partial charge in [-0.2, -0.15) is 5.10 Å². The van der Waals surface area contributed by atoms with Crippen molar-refractivity contribution in [1.82, 2.24) is 25.3 Å². The molecule has 2 aromatic rings. The molecule has 148 valence electrons. The zero-order valence-corrected chi connectivity index (χ0v) is 17.6. The molecule has 0 saturated carbocycles. The van der Waals surface area contributed by atoms with Crippen LogP contribution in [0.2, 0.25) is 0 Å². The summed E-state index contributed by atoms with van der Waals surface area (Å²) >= 11 is 0. The number of nitrogens with one attached hydrogen (secondary N) is 2. The lowest BCUT2D eigenvalue weighted by Gasteiger charge is -2.22. The number of rotatable bonds is 8. The Morgan fingerprint density at radius 1 is 1.19 bits per heavy atom. The third-order valence-corrected chi connectivity index (χ3v) is 4.49. The molecular formula is C21H34N6. The summed E-state index contributed by atoms with van der Waals surface area (Å²) < 4.78 is 1.84. The third-order valence-electron chi connectivity index (χ3n) is 4.49. The second-order valence-electron chi connectivity index (χ2n) is 7.32. The Bertz CT molecular complexity index is 727. The van der Waals surface area contributed by atoms with Crippen molar-refractivity contribution in [1.29, 1.82) is 0 Å². The Morgan fingerprint density at radius 2 is 1.89 bits per heavy atom. The summed E-state index contributed by atoms with van der Waals surface area (Å²) in [5, 5.41) is 11.1. The minimum atomic E-state index is 0.202. The predicted octanol–water partition coefficient (Wildman–Crippen LogP) is 2.44. The SMILES string of the molecule is CCNC(=NCC(c1cnn(C)c1)N(C)C)NCCc1cc(C)cc(C)c1. The number of aryl methyl sites for hydroxylation is 3. The number of likely N-dealkylation sites (N-methyl/N-ethyl adjacent to an activating group) is 1. The summed E-state index contributed by atoms with van der Waals surface area (Å²) in [6.07, 6.45) is 4.95. The first-order valence-electron chi connectivity index (χ1n) is 9.63. The maximum atomic E-state index is 4.80. The second kappa shape index (κ2) is 10.1. The van der Waals surface area contributed by atoms with Gasteiger partial charge in [-0.3, -0.25) is 9.67 Å². The Balaban J connectivity index is 1.97. The molecule has 1 aromatic carbocycles. The Labute approximate surface area is 163 Å². The Kier molecular flexibility index (Phi) is 7.85. The highest BCUT2D eigenvalue weighted by Crippen LogP contribution is 2.17. The average Bonchev–Trinajstić information content (AvgIpc) is 3.00. The van der Waals surface area contributed by atoms with Crippen LogP contribution in [0.1, 0.15) is 35.2 Å². The first-order valence-corrected chi connectivity index (χ1v) is 9.63. The molecule has 6 heteroatoms. The molecule has 0 aliphatic carbocycles. The van der Waals surface area contributed by atoms with Crippen molar-refractivity contribution in [2.75, 3.05) is 33.7 Å². The average molecular weight is 371 g/mol. The van der Waals surface area contributed by atoms with Gasteiger partial charge >= 0.3 is 0 Å². The normalized spacial score (nSPS) is 13.1. The van der Waals surface area contributed by atoms with Crippen molar-refractivity contribution in [3.8, 4) is 0 Å². The first kappa shape index (κ1) is 21.0. The van der Waals surface area contributed by atoms with Crippen LogP contribution in [0.4, 0.5) is 0 Å². The molecule has 0 fully saturated rings. The quantitative estimate of drug-likeness (QED) is 0.554. The van der Waals surface area contributed by atoms with Crippen molar-refractivity contribution in [2.24, 2.45) is 12.0 Å². The molecule has 0 aliphatic heterocycles. The van der Waals surface area contributed by atoms with Crippen LogP contribution in [-0.4, -0.2) is 54.4 Å². The highest BCUT2D eigenvalue weighted by Gasteiger charge is 2.15. The number of hydrogen-bond acceptors (Lipinski definition) is 3. The smallest absolute Gasteiger partial charge is 0.191 e. The Morgan fingerprint density at radius 3 is 2.44 bits per heavy atom. The Hall–Kier alpha value is -2.34. The van der Waals surface area contributed by atoms with Crippen molar-refractivity contribution < 1.29 is 0 Å². The molecule has 0 spiro atoms. The van der Waals surface area contributed by atoms with Crippen LogP contribution in [0.3, 0.4) is 0 Å². The lowest BCUT2D eigenvalue weighted by atomic mass is 10.1. The van der Waals surface area contributed by atoms with Gasteiger partial charge in [-0.05, 0) is 46.9 Å². The standard InChI is InChI=1S/C21H34N6/c1-7-22-21(23-9-8-18-11-16(2)10-17(3)12-18)24-14-20(26(4)5)19-13-25-27(6)15-19/h10-13,15,20H,7-9,14H2,1-6H3,(H2,22,23,24). The van der Waals surface area contributed by atoms with Crippen LogP contribution in [0, 0.1) is 13.8 Å². The van der Waals surface area contributed by atoms with E-state index >= 15 is 0 Å². The number of guanidine groups is 1. The number of benzene rings is 1. The number of aliphatic imine (C=N–C) groups is 1. The summed E-state index contributed by atoms with van der Waals surface area (Å²) in [5.41, 5.74) is 5.17. The van der Waals surface area contributed by atoms with E-state index in [1.54, 1.807) is 0 Å². The van der Waals surface area contributed by atoms with Crippen LogP contribution in [0.15, 0.2) is 35.6 Å². The van der Waals surface area contributed by atoms with Gasteiger partial charge in [0.2, 0.25) is 0 Å². The second-order valence-corrected chi connectivity index (χ2v) is 7.32. The molecule has 1 unspecified atom stereocenters. The van der Waals surface area contributed by atoms with E-state index in [4.69, 9.17) is 4.99 Å². The van der Waals surface area contributed by atoms with Gasteiger partial charge in [-0.15, -0.1) is 0 Å². The van der Waals surface area contributed by atoms with Gasteiger partial charge in [0.25, 0.3) is 0 Å². The van der Waals surface area contributed by atoms with Crippen LogP contribution >= 0.6 is 0 Å². The molecule has 0 radical (unpaired) electrons. The van der Waals surface area contributed by atoms with Crippen molar-refractivity contribution >= 4 is 5.96 Å². The van der Waals surface area contributed by atoms with E-state index in [0.717, 1.165) is 25.5 Å². The minimum Gasteiger partial charge on any atom is -0.357 e. The summed E-state index contributed by atoms with van der Waals surface area (Å²) in [7, 11) is 6.10. The summed E-state index contributed by atoms with van der Waals surface area (Å²) in [6.45, 7) is 8.76. The van der Waals surface area contributed by atoms with Crippen LogP contribution < -0.4 is 10.6 Å². The van der Waals surface area contributed by atoms with E-state index in [1.807, 2.05) is 17.9 Å². The molecule has 1 heterocycles. The highest BCUT2D eigenvalue weighted by atomic mass is 15.2. The molecule has 1 atom stereocenters. The lowest BCUT2D eigenvalue weighted by molar-refractivity contribution is 0.306. The van der Waals surface area contributed by atoms with Crippen LogP contribution in [0.25, 0.3) is 0 Å². The van der Waals surface area contributed by atoms with Gasteiger partial charge in [-0.25, -0.2) is 0 Å². The molecule has 2 rings (SSSR count). The van der Waals surface area contributed by atoms with E-state index in [-0.39, 0.29) is 6.04 Å².